The molecule has 10 heteroatoms. The van der Waals surface area contributed by atoms with Gasteiger partial charge in [0.25, 0.3) is 0 Å². The van der Waals surface area contributed by atoms with Crippen LogP contribution in [-0.4, -0.2) is 64.2 Å². The van der Waals surface area contributed by atoms with Gasteiger partial charge >= 0.3 is 6.18 Å². The molecule has 1 atom stereocenters. The predicted molar refractivity (Wildman–Crippen MR) is 105 cm³/mol. The van der Waals surface area contributed by atoms with Crippen molar-refractivity contribution in [2.75, 3.05) is 37.6 Å². The number of halogens is 3. The third-order valence-corrected chi connectivity index (χ3v) is 7.39. The standard InChI is InChI=1S/C17H20F3N5S2/c1-10(2)12-7-11-14(22-9-23-15(11)26-12)24-3-5-25(6-4-24)16-21-8-13(27-16)17(18,19)20/h7,9-10,13H,3-6,8H2,1-2H3. The molecule has 0 spiro atoms. The summed E-state index contributed by atoms with van der Waals surface area (Å²) < 4.78 is 38.6. The molecule has 1 fully saturated rings. The molecule has 1 saturated heterocycles. The summed E-state index contributed by atoms with van der Waals surface area (Å²) in [6.07, 6.45) is -2.60. The fourth-order valence-electron chi connectivity index (χ4n) is 3.22. The number of hydrogen-bond acceptors (Lipinski definition) is 7. The second-order valence-electron chi connectivity index (χ2n) is 6.97. The Balaban J connectivity index is 1.45. The highest BCUT2D eigenvalue weighted by Crippen LogP contribution is 2.37. The fourth-order valence-corrected chi connectivity index (χ4v) is 5.23. The number of fused-ring (bicyclic) bond motifs is 1. The van der Waals surface area contributed by atoms with Gasteiger partial charge in [0, 0.05) is 31.1 Å². The van der Waals surface area contributed by atoms with Gasteiger partial charge in [-0.1, -0.05) is 25.6 Å². The first-order chi connectivity index (χ1) is 12.8. The third kappa shape index (κ3) is 3.73. The van der Waals surface area contributed by atoms with Crippen LogP contribution in [0.5, 0.6) is 0 Å². The normalized spacial score (nSPS) is 21.4. The lowest BCUT2D eigenvalue weighted by molar-refractivity contribution is -0.126. The second kappa shape index (κ2) is 7.12. The minimum atomic E-state index is -4.20. The van der Waals surface area contributed by atoms with Crippen LogP contribution < -0.4 is 4.90 Å². The Morgan fingerprint density at radius 1 is 1.11 bits per heavy atom. The van der Waals surface area contributed by atoms with E-state index in [0.717, 1.165) is 27.8 Å². The van der Waals surface area contributed by atoms with E-state index in [1.54, 1.807) is 17.7 Å². The van der Waals surface area contributed by atoms with Crippen molar-refractivity contribution in [3.8, 4) is 0 Å². The number of aromatic nitrogens is 2. The van der Waals surface area contributed by atoms with E-state index in [1.165, 1.54) is 4.88 Å². The molecule has 2 aliphatic heterocycles. The van der Waals surface area contributed by atoms with Crippen LogP contribution in [0.25, 0.3) is 10.2 Å². The zero-order valence-corrected chi connectivity index (χ0v) is 16.7. The van der Waals surface area contributed by atoms with Crippen LogP contribution in [0, 0.1) is 0 Å². The van der Waals surface area contributed by atoms with Crippen LogP contribution in [-0.2, 0) is 0 Å². The van der Waals surface area contributed by atoms with Gasteiger partial charge in [-0.05, 0) is 12.0 Å². The summed E-state index contributed by atoms with van der Waals surface area (Å²) >= 11 is 2.53. The molecular formula is C17H20F3N5S2. The van der Waals surface area contributed by atoms with Crippen molar-refractivity contribution in [2.45, 2.75) is 31.2 Å². The molecule has 1 unspecified atom stereocenters. The number of thiophene rings is 1. The Morgan fingerprint density at radius 2 is 1.81 bits per heavy atom. The zero-order chi connectivity index (χ0) is 19.2. The Hall–Kier alpha value is -1.55. The van der Waals surface area contributed by atoms with E-state index in [9.17, 15) is 13.2 Å². The van der Waals surface area contributed by atoms with Crippen LogP contribution in [0.3, 0.4) is 0 Å². The Bertz CT molecular complexity index is 856. The first kappa shape index (κ1) is 18.8. The molecule has 27 heavy (non-hydrogen) atoms. The van der Waals surface area contributed by atoms with Crippen molar-refractivity contribution < 1.29 is 13.2 Å². The van der Waals surface area contributed by atoms with Crippen molar-refractivity contribution in [2.24, 2.45) is 4.99 Å². The highest BCUT2D eigenvalue weighted by molar-refractivity contribution is 8.14. The fraction of sp³-hybridized carbons (Fsp3) is 0.588. The molecule has 0 saturated carbocycles. The quantitative estimate of drug-likeness (QED) is 0.743. The number of amidine groups is 1. The zero-order valence-electron chi connectivity index (χ0n) is 15.0. The van der Waals surface area contributed by atoms with Gasteiger partial charge in [-0.3, -0.25) is 4.99 Å². The first-order valence-electron chi connectivity index (χ1n) is 8.85. The van der Waals surface area contributed by atoms with Crippen molar-refractivity contribution in [1.82, 2.24) is 14.9 Å². The van der Waals surface area contributed by atoms with Gasteiger partial charge < -0.3 is 9.80 Å². The lowest BCUT2D eigenvalue weighted by Gasteiger charge is -2.36. The number of aliphatic imine (C=N–C) groups is 1. The van der Waals surface area contributed by atoms with Gasteiger partial charge in [-0.2, -0.15) is 13.2 Å². The van der Waals surface area contributed by atoms with Gasteiger partial charge in [0.05, 0.1) is 11.9 Å². The molecule has 0 radical (unpaired) electrons. The number of thioether (sulfide) groups is 1. The minimum Gasteiger partial charge on any atom is -0.352 e. The molecular weight excluding hydrogens is 395 g/mol. The molecule has 146 valence electrons. The molecule has 0 aliphatic carbocycles. The molecule has 4 rings (SSSR count). The van der Waals surface area contributed by atoms with E-state index in [4.69, 9.17) is 0 Å². The summed E-state index contributed by atoms with van der Waals surface area (Å²) in [5, 5.41) is 0.166. The van der Waals surface area contributed by atoms with Crippen LogP contribution in [0.1, 0.15) is 24.6 Å². The molecule has 0 amide bonds. The predicted octanol–water partition coefficient (Wildman–Crippen LogP) is 3.97. The molecule has 2 aromatic rings. The SMILES string of the molecule is CC(C)c1cc2c(N3CCN(C4=NCC(C(F)(F)F)S4)CC3)ncnc2s1. The molecule has 2 aliphatic rings. The summed E-state index contributed by atoms with van der Waals surface area (Å²) in [5.41, 5.74) is 0. The lowest BCUT2D eigenvalue weighted by Crippen LogP contribution is -2.48. The largest absolute Gasteiger partial charge is 0.402 e. The van der Waals surface area contributed by atoms with Gasteiger partial charge in [0.15, 0.2) is 5.17 Å². The summed E-state index contributed by atoms with van der Waals surface area (Å²) in [4.78, 5) is 19.4. The smallest absolute Gasteiger partial charge is 0.352 e. The summed E-state index contributed by atoms with van der Waals surface area (Å²) in [6, 6.07) is 2.16. The van der Waals surface area contributed by atoms with E-state index in [1.807, 2.05) is 4.90 Å². The highest BCUT2D eigenvalue weighted by Gasteiger charge is 2.44. The number of hydrogen-bond donors (Lipinski definition) is 0. The van der Waals surface area contributed by atoms with Crippen LogP contribution in [0.4, 0.5) is 19.0 Å². The highest BCUT2D eigenvalue weighted by atomic mass is 32.2. The van der Waals surface area contributed by atoms with Gasteiger partial charge in [0.2, 0.25) is 0 Å². The van der Waals surface area contributed by atoms with Gasteiger partial charge in [-0.15, -0.1) is 11.3 Å². The maximum atomic E-state index is 12.9. The number of rotatable bonds is 2. The van der Waals surface area contributed by atoms with E-state index < -0.39 is 11.4 Å². The molecule has 4 heterocycles. The maximum absolute atomic E-state index is 12.9. The Kier molecular flexibility index (Phi) is 4.96. The second-order valence-corrected chi connectivity index (χ2v) is 9.20. The van der Waals surface area contributed by atoms with Gasteiger partial charge in [-0.25, -0.2) is 9.97 Å². The van der Waals surface area contributed by atoms with E-state index >= 15 is 0 Å². The van der Waals surface area contributed by atoms with Crippen molar-refractivity contribution >= 4 is 44.3 Å². The molecule has 5 nitrogen and oxygen atoms in total. The molecule has 2 aromatic heterocycles. The van der Waals surface area contributed by atoms with Crippen LogP contribution in [0.15, 0.2) is 17.4 Å². The van der Waals surface area contributed by atoms with Crippen LogP contribution >= 0.6 is 23.1 Å². The number of piperazine rings is 1. The van der Waals surface area contributed by atoms with Crippen molar-refractivity contribution in [3.63, 3.8) is 0 Å². The maximum Gasteiger partial charge on any atom is 0.402 e. The lowest BCUT2D eigenvalue weighted by atomic mass is 10.1. The summed E-state index contributed by atoms with van der Waals surface area (Å²) in [7, 11) is 0. The molecule has 0 N–H and O–H groups in total. The first-order valence-corrected chi connectivity index (χ1v) is 10.5. The van der Waals surface area contributed by atoms with E-state index in [2.05, 4.69) is 39.8 Å². The Labute approximate surface area is 163 Å². The van der Waals surface area contributed by atoms with Crippen molar-refractivity contribution in [3.05, 3.63) is 17.3 Å². The van der Waals surface area contributed by atoms with Crippen LogP contribution in [0.2, 0.25) is 0 Å². The number of anilines is 1. The number of alkyl halides is 3. The van der Waals surface area contributed by atoms with Gasteiger partial charge in [0.1, 0.15) is 22.2 Å². The summed E-state index contributed by atoms with van der Waals surface area (Å²) in [6.45, 7) is 6.83. The average Bonchev–Trinajstić information content (AvgIpc) is 3.28. The average molecular weight is 416 g/mol. The topological polar surface area (TPSA) is 44.6 Å². The monoisotopic (exact) mass is 415 g/mol. The molecule has 0 bridgehead atoms. The summed E-state index contributed by atoms with van der Waals surface area (Å²) in [5.74, 6) is 1.35. The molecule has 0 aromatic carbocycles. The van der Waals surface area contributed by atoms with Crippen molar-refractivity contribution in [1.29, 1.82) is 0 Å². The van der Waals surface area contributed by atoms with E-state index in [-0.39, 0.29) is 6.54 Å². The minimum absolute atomic E-state index is 0.177. The van der Waals surface area contributed by atoms with E-state index in [0.29, 0.717) is 37.3 Å². The Morgan fingerprint density at radius 3 is 2.44 bits per heavy atom. The third-order valence-electron chi connectivity index (χ3n) is 4.75. The number of nitrogens with zero attached hydrogens (tertiary/aromatic N) is 5.